The first-order valence-corrected chi connectivity index (χ1v) is 8.87. The lowest BCUT2D eigenvalue weighted by molar-refractivity contribution is 0.101. The van der Waals surface area contributed by atoms with Gasteiger partial charge in [0.05, 0.1) is 28.6 Å². The van der Waals surface area contributed by atoms with Gasteiger partial charge in [-0.05, 0) is 40.5 Å². The molecule has 0 aliphatic carbocycles. The largest absolute Gasteiger partial charge is 0.318 e. The first-order chi connectivity index (χ1) is 11.8. The molecule has 0 bridgehead atoms. The fraction of sp³-hybridized carbons (Fsp3) is 0.188. The summed E-state index contributed by atoms with van der Waals surface area (Å²) in [4.78, 5) is 12.5. The maximum atomic E-state index is 12.5. The molecule has 0 saturated carbocycles. The van der Waals surface area contributed by atoms with E-state index in [4.69, 9.17) is 23.2 Å². The topological polar surface area (TPSA) is 64.7 Å². The molecule has 2 aromatic heterocycles. The molecule has 0 unspecified atom stereocenters. The Bertz CT molecular complexity index is 950. The fourth-order valence-corrected chi connectivity index (χ4v) is 3.39. The Morgan fingerprint density at radius 1 is 1.36 bits per heavy atom. The lowest BCUT2D eigenvalue weighted by Crippen LogP contribution is -2.16. The summed E-state index contributed by atoms with van der Waals surface area (Å²) in [6.07, 6.45) is 3.32. The predicted molar refractivity (Wildman–Crippen MR) is 101 cm³/mol. The third kappa shape index (κ3) is 3.89. The van der Waals surface area contributed by atoms with Gasteiger partial charge in [-0.1, -0.05) is 29.3 Å². The Morgan fingerprint density at radius 2 is 2.12 bits per heavy atom. The second kappa shape index (κ2) is 7.19. The molecule has 1 aromatic carbocycles. The highest BCUT2D eigenvalue weighted by atomic mass is 79.9. The van der Waals surface area contributed by atoms with E-state index < -0.39 is 0 Å². The minimum atomic E-state index is -0.265. The summed E-state index contributed by atoms with van der Waals surface area (Å²) < 4.78 is 3.90. The van der Waals surface area contributed by atoms with Gasteiger partial charge in [0, 0.05) is 23.3 Å². The Morgan fingerprint density at radius 3 is 2.76 bits per heavy atom. The van der Waals surface area contributed by atoms with E-state index in [1.54, 1.807) is 36.3 Å². The molecule has 0 saturated heterocycles. The molecule has 1 N–H and O–H groups in total. The number of nitrogens with one attached hydrogen (secondary N) is 1. The van der Waals surface area contributed by atoms with Crippen LogP contribution in [0.3, 0.4) is 0 Å². The van der Waals surface area contributed by atoms with Crippen LogP contribution in [0.25, 0.3) is 0 Å². The fourth-order valence-electron chi connectivity index (χ4n) is 2.41. The zero-order chi connectivity index (χ0) is 18.1. The third-order valence-electron chi connectivity index (χ3n) is 3.60. The molecular weight excluding hydrogens is 429 g/mol. The number of carbonyl (C=O) groups is 1. The number of rotatable bonds is 4. The minimum absolute atomic E-state index is 0.265. The van der Waals surface area contributed by atoms with E-state index in [-0.39, 0.29) is 5.91 Å². The van der Waals surface area contributed by atoms with Crippen LogP contribution in [0.15, 0.2) is 35.1 Å². The number of carbonyl (C=O) groups excluding carboxylic acids is 1. The van der Waals surface area contributed by atoms with Crippen molar-refractivity contribution in [2.75, 3.05) is 5.32 Å². The normalized spacial score (nSPS) is 10.9. The monoisotopic (exact) mass is 441 g/mol. The minimum Gasteiger partial charge on any atom is -0.318 e. The smallest absolute Gasteiger partial charge is 0.275 e. The summed E-state index contributed by atoms with van der Waals surface area (Å²) in [5.41, 5.74) is 2.67. The van der Waals surface area contributed by atoms with Crippen LogP contribution in [0, 0.1) is 6.92 Å². The maximum Gasteiger partial charge on any atom is 0.275 e. The number of nitrogens with zero attached hydrogens (tertiary/aromatic N) is 4. The van der Waals surface area contributed by atoms with Gasteiger partial charge in [0.2, 0.25) is 0 Å². The van der Waals surface area contributed by atoms with E-state index in [0.29, 0.717) is 32.4 Å². The summed E-state index contributed by atoms with van der Waals surface area (Å²) in [6.45, 7) is 2.30. The van der Waals surface area contributed by atoms with Gasteiger partial charge in [0.1, 0.15) is 5.69 Å². The molecule has 0 aliphatic rings. The summed E-state index contributed by atoms with van der Waals surface area (Å²) in [7, 11) is 1.72. The van der Waals surface area contributed by atoms with E-state index in [0.717, 1.165) is 11.3 Å². The molecule has 25 heavy (non-hydrogen) atoms. The van der Waals surface area contributed by atoms with Crippen LogP contribution in [-0.4, -0.2) is 25.5 Å². The molecule has 3 aromatic rings. The molecule has 0 fully saturated rings. The van der Waals surface area contributed by atoms with Crippen molar-refractivity contribution in [3.8, 4) is 0 Å². The van der Waals surface area contributed by atoms with Gasteiger partial charge in [-0.3, -0.25) is 14.2 Å². The Labute approximate surface area is 162 Å². The summed E-state index contributed by atoms with van der Waals surface area (Å²) in [6, 6.07) is 5.31. The second-order valence-electron chi connectivity index (χ2n) is 5.49. The van der Waals surface area contributed by atoms with Gasteiger partial charge in [0.15, 0.2) is 0 Å². The Kier molecular flexibility index (Phi) is 5.17. The van der Waals surface area contributed by atoms with Gasteiger partial charge in [0.25, 0.3) is 5.91 Å². The Hall–Kier alpha value is -1.83. The number of anilines is 1. The van der Waals surface area contributed by atoms with Gasteiger partial charge >= 0.3 is 0 Å². The van der Waals surface area contributed by atoms with E-state index in [2.05, 4.69) is 31.4 Å². The average Bonchev–Trinajstić information content (AvgIpc) is 3.06. The molecule has 0 atom stereocenters. The molecule has 0 aliphatic heterocycles. The summed E-state index contributed by atoms with van der Waals surface area (Å²) in [5.74, 6) is -0.265. The van der Waals surface area contributed by atoms with E-state index in [1.807, 2.05) is 13.0 Å². The molecule has 0 spiro atoms. The number of aryl methyl sites for hydroxylation is 2. The second-order valence-corrected chi connectivity index (χ2v) is 7.12. The number of benzene rings is 1. The summed E-state index contributed by atoms with van der Waals surface area (Å²) in [5, 5.41) is 12.4. The van der Waals surface area contributed by atoms with Crippen molar-refractivity contribution < 1.29 is 4.79 Å². The van der Waals surface area contributed by atoms with E-state index >= 15 is 0 Å². The number of hydrogen-bond acceptors (Lipinski definition) is 3. The van der Waals surface area contributed by atoms with Gasteiger partial charge in [-0.2, -0.15) is 10.2 Å². The van der Waals surface area contributed by atoms with Gasteiger partial charge in [-0.15, -0.1) is 0 Å². The van der Waals surface area contributed by atoms with Crippen molar-refractivity contribution in [1.82, 2.24) is 19.6 Å². The molecular formula is C16H14BrCl2N5O. The van der Waals surface area contributed by atoms with Crippen LogP contribution >= 0.6 is 39.1 Å². The third-order valence-corrected chi connectivity index (χ3v) is 5.14. The molecule has 1 amide bonds. The lowest BCUT2D eigenvalue weighted by atomic mass is 10.2. The predicted octanol–water partition coefficient (Wildman–Crippen LogP) is 4.29. The van der Waals surface area contributed by atoms with Crippen molar-refractivity contribution in [3.63, 3.8) is 0 Å². The highest BCUT2D eigenvalue weighted by molar-refractivity contribution is 9.10. The molecule has 0 radical (unpaired) electrons. The van der Waals surface area contributed by atoms with Crippen LogP contribution in [0.5, 0.6) is 0 Å². The van der Waals surface area contributed by atoms with Crippen molar-refractivity contribution in [3.05, 3.63) is 62.1 Å². The van der Waals surface area contributed by atoms with E-state index in [9.17, 15) is 4.79 Å². The number of aromatic nitrogens is 4. The van der Waals surface area contributed by atoms with Crippen LogP contribution in [0.1, 0.15) is 21.7 Å². The number of amides is 1. The molecule has 3 rings (SSSR count). The lowest BCUT2D eigenvalue weighted by Gasteiger charge is -2.05. The van der Waals surface area contributed by atoms with Crippen LogP contribution < -0.4 is 5.32 Å². The van der Waals surface area contributed by atoms with Gasteiger partial charge in [-0.25, -0.2) is 0 Å². The molecule has 130 valence electrons. The van der Waals surface area contributed by atoms with E-state index in [1.165, 1.54) is 4.68 Å². The SMILES string of the molecule is Cc1nn(C)c(C(=O)Nc2cnn(Cc3ccc(Cl)cc3Cl)c2)c1Br. The zero-order valence-corrected chi connectivity index (χ0v) is 16.5. The standard InChI is InChI=1S/C16H14BrCl2N5O/c1-9-14(17)15(23(2)22-9)16(25)21-12-6-20-24(8-12)7-10-3-4-11(18)5-13(10)19/h3-6,8H,7H2,1-2H3,(H,21,25). The molecule has 6 nitrogen and oxygen atoms in total. The molecule has 9 heteroatoms. The highest BCUT2D eigenvalue weighted by Crippen LogP contribution is 2.23. The quantitative estimate of drug-likeness (QED) is 0.655. The van der Waals surface area contributed by atoms with Gasteiger partial charge < -0.3 is 5.32 Å². The number of halogens is 3. The van der Waals surface area contributed by atoms with Crippen molar-refractivity contribution in [1.29, 1.82) is 0 Å². The summed E-state index contributed by atoms with van der Waals surface area (Å²) >= 11 is 15.5. The maximum absolute atomic E-state index is 12.5. The first-order valence-electron chi connectivity index (χ1n) is 7.32. The van der Waals surface area contributed by atoms with Crippen LogP contribution in [0.2, 0.25) is 10.0 Å². The molecule has 2 heterocycles. The van der Waals surface area contributed by atoms with Crippen molar-refractivity contribution in [2.45, 2.75) is 13.5 Å². The van der Waals surface area contributed by atoms with Crippen LogP contribution in [0.4, 0.5) is 5.69 Å². The highest BCUT2D eigenvalue weighted by Gasteiger charge is 2.18. The average molecular weight is 443 g/mol. The van der Waals surface area contributed by atoms with Crippen LogP contribution in [-0.2, 0) is 13.6 Å². The zero-order valence-electron chi connectivity index (χ0n) is 13.4. The number of hydrogen-bond donors (Lipinski definition) is 1. The Balaban J connectivity index is 1.74. The van der Waals surface area contributed by atoms with Crippen molar-refractivity contribution in [2.24, 2.45) is 7.05 Å². The first kappa shape index (κ1) is 18.0. The van der Waals surface area contributed by atoms with Crippen molar-refractivity contribution >= 4 is 50.7 Å².